The van der Waals surface area contributed by atoms with Crippen LogP contribution in [0.3, 0.4) is 0 Å². The van der Waals surface area contributed by atoms with E-state index in [0.717, 1.165) is 18.2 Å². The largest absolute Gasteiger partial charge is 0.497 e. The average Bonchev–Trinajstić information content (AvgIpc) is 2.85. The first-order valence-electron chi connectivity index (χ1n) is 10.8. The minimum atomic E-state index is -0.889. The lowest BCUT2D eigenvalue weighted by molar-refractivity contribution is -0.140. The van der Waals surface area contributed by atoms with Crippen molar-refractivity contribution < 1.29 is 32.6 Å². The van der Waals surface area contributed by atoms with Gasteiger partial charge in [0.05, 0.1) is 24.4 Å². The average molecular weight is 515 g/mol. The highest BCUT2D eigenvalue weighted by Crippen LogP contribution is 2.30. The maximum Gasteiger partial charge on any atom is 0.338 e. The van der Waals surface area contributed by atoms with Gasteiger partial charge in [-0.2, -0.15) is 0 Å². The molecule has 186 valence electrons. The molecule has 7 nitrogen and oxygen atoms in total. The van der Waals surface area contributed by atoms with Crippen molar-refractivity contribution in [3.05, 3.63) is 106 Å². The fraction of sp³-hybridized carbons (Fsp3) is 0.154. The number of hydrogen-bond acceptors (Lipinski definition) is 5. The van der Waals surface area contributed by atoms with E-state index in [2.05, 4.69) is 10.6 Å². The monoisotopic (exact) mass is 514 g/mol. The number of rotatable bonds is 8. The third-order valence-electron chi connectivity index (χ3n) is 5.29. The Kier molecular flexibility index (Phi) is 7.70. The van der Waals surface area contributed by atoms with Crippen LogP contribution in [0.25, 0.3) is 0 Å². The van der Waals surface area contributed by atoms with Crippen LogP contribution in [-0.2, 0) is 16.1 Å². The van der Waals surface area contributed by atoms with Gasteiger partial charge in [0, 0.05) is 11.1 Å². The number of halogens is 3. The fourth-order valence-electron chi connectivity index (χ4n) is 3.65. The molecule has 3 aromatic rings. The summed E-state index contributed by atoms with van der Waals surface area (Å²) in [7, 11) is 1.52. The molecule has 1 heterocycles. The van der Waals surface area contributed by atoms with Crippen LogP contribution in [0.2, 0.25) is 5.02 Å². The van der Waals surface area contributed by atoms with Crippen molar-refractivity contribution in [3.8, 4) is 11.5 Å². The van der Waals surface area contributed by atoms with Crippen LogP contribution in [0.5, 0.6) is 11.5 Å². The van der Waals surface area contributed by atoms with Gasteiger partial charge in [0.2, 0.25) is 0 Å². The van der Waals surface area contributed by atoms with Crippen LogP contribution in [0.15, 0.2) is 78.0 Å². The molecule has 2 amide bonds. The van der Waals surface area contributed by atoms with Crippen LogP contribution in [-0.4, -0.2) is 25.7 Å². The van der Waals surface area contributed by atoms with Gasteiger partial charge in [-0.25, -0.2) is 18.4 Å². The standard InChI is InChI=1S/C26H21ClF2N2O5/c1-34-20-7-5-16(6-8-20)24-23(25(32)36-13-15-9-18(28)12-19(29)10-15)22(30-26(33)31-24)14-35-21-4-2-3-17(27)11-21/h2-12,24H,13-14H2,1H3,(H2,30,31,33). The normalized spacial score (nSPS) is 15.1. The molecule has 1 atom stereocenters. The van der Waals surface area contributed by atoms with Gasteiger partial charge in [-0.1, -0.05) is 29.8 Å². The molecule has 0 bridgehead atoms. The van der Waals surface area contributed by atoms with Crippen molar-refractivity contribution in [2.24, 2.45) is 0 Å². The van der Waals surface area contributed by atoms with E-state index in [1.165, 1.54) is 7.11 Å². The molecule has 0 saturated carbocycles. The Bertz CT molecular complexity index is 1290. The van der Waals surface area contributed by atoms with Crippen LogP contribution < -0.4 is 20.1 Å². The van der Waals surface area contributed by atoms with Gasteiger partial charge in [-0.15, -0.1) is 0 Å². The molecular weight excluding hydrogens is 494 g/mol. The van der Waals surface area contributed by atoms with E-state index in [9.17, 15) is 18.4 Å². The van der Waals surface area contributed by atoms with E-state index < -0.39 is 29.7 Å². The lowest BCUT2D eigenvalue weighted by Gasteiger charge is -2.29. The highest BCUT2D eigenvalue weighted by atomic mass is 35.5. The van der Waals surface area contributed by atoms with Gasteiger partial charge < -0.3 is 24.8 Å². The molecule has 2 N–H and O–H groups in total. The van der Waals surface area contributed by atoms with E-state index >= 15 is 0 Å². The molecule has 0 saturated heterocycles. The molecule has 0 aromatic heterocycles. The van der Waals surface area contributed by atoms with Gasteiger partial charge >= 0.3 is 12.0 Å². The van der Waals surface area contributed by atoms with E-state index in [4.69, 9.17) is 25.8 Å². The molecule has 0 radical (unpaired) electrons. The second-order valence-electron chi connectivity index (χ2n) is 7.80. The molecule has 4 rings (SSSR count). The number of benzene rings is 3. The summed E-state index contributed by atoms with van der Waals surface area (Å²) in [4.78, 5) is 25.7. The summed E-state index contributed by atoms with van der Waals surface area (Å²) in [5, 5.41) is 5.76. The molecule has 10 heteroatoms. The van der Waals surface area contributed by atoms with Gasteiger partial charge in [-0.3, -0.25) is 0 Å². The minimum absolute atomic E-state index is 0.0682. The number of ether oxygens (including phenoxy) is 3. The van der Waals surface area contributed by atoms with E-state index in [1.807, 2.05) is 0 Å². The third-order valence-corrected chi connectivity index (χ3v) is 5.53. The van der Waals surface area contributed by atoms with Gasteiger partial charge in [-0.05, 0) is 53.6 Å². The van der Waals surface area contributed by atoms with Crippen molar-refractivity contribution in [2.45, 2.75) is 12.6 Å². The lowest BCUT2D eigenvalue weighted by Crippen LogP contribution is -2.47. The lowest BCUT2D eigenvalue weighted by atomic mass is 9.95. The Morgan fingerprint density at radius 1 is 0.972 bits per heavy atom. The Labute approximate surface area is 210 Å². The summed E-state index contributed by atoms with van der Waals surface area (Å²) in [5.74, 6) is -1.38. The number of esters is 1. The highest BCUT2D eigenvalue weighted by molar-refractivity contribution is 6.30. The van der Waals surface area contributed by atoms with Crippen LogP contribution in [0.4, 0.5) is 13.6 Å². The summed E-state index contributed by atoms with van der Waals surface area (Å²) >= 11 is 6.01. The first-order chi connectivity index (χ1) is 17.3. The second kappa shape index (κ2) is 11.1. The third kappa shape index (κ3) is 6.11. The number of nitrogens with one attached hydrogen (secondary N) is 2. The molecular formula is C26H21ClF2N2O5. The van der Waals surface area contributed by atoms with Crippen LogP contribution in [0, 0.1) is 11.6 Å². The quantitative estimate of drug-likeness (QED) is 0.411. The molecule has 0 fully saturated rings. The van der Waals surface area contributed by atoms with Crippen LogP contribution >= 0.6 is 11.6 Å². The second-order valence-corrected chi connectivity index (χ2v) is 8.23. The Hall–Kier alpha value is -4.11. The minimum Gasteiger partial charge on any atom is -0.497 e. The summed E-state index contributed by atoms with van der Waals surface area (Å²) < 4.78 is 43.5. The maximum atomic E-state index is 13.6. The number of urea groups is 1. The molecule has 0 aliphatic carbocycles. The summed E-state index contributed by atoms with van der Waals surface area (Å²) in [6, 6.07) is 14.8. The maximum absolute atomic E-state index is 13.6. The first-order valence-corrected chi connectivity index (χ1v) is 11.1. The zero-order chi connectivity index (χ0) is 25.7. The van der Waals surface area contributed by atoms with E-state index in [-0.39, 0.29) is 30.0 Å². The molecule has 1 aliphatic heterocycles. The number of carbonyl (C=O) groups excluding carboxylic acids is 2. The fourth-order valence-corrected chi connectivity index (χ4v) is 3.83. The number of carbonyl (C=O) groups is 2. The summed E-state index contributed by atoms with van der Waals surface area (Å²) in [5.41, 5.74) is 0.940. The highest BCUT2D eigenvalue weighted by Gasteiger charge is 2.34. The van der Waals surface area contributed by atoms with Gasteiger partial charge in [0.1, 0.15) is 36.3 Å². The van der Waals surface area contributed by atoms with Crippen molar-refractivity contribution in [2.75, 3.05) is 13.7 Å². The molecule has 1 aliphatic rings. The van der Waals surface area contributed by atoms with Gasteiger partial charge in [0.25, 0.3) is 0 Å². The molecule has 1 unspecified atom stereocenters. The van der Waals surface area contributed by atoms with Crippen molar-refractivity contribution in [1.82, 2.24) is 10.6 Å². The molecule has 36 heavy (non-hydrogen) atoms. The van der Waals surface area contributed by atoms with Crippen molar-refractivity contribution in [1.29, 1.82) is 0 Å². The summed E-state index contributed by atoms with van der Waals surface area (Å²) in [6.45, 7) is -0.567. The van der Waals surface area contributed by atoms with Crippen molar-refractivity contribution in [3.63, 3.8) is 0 Å². The molecule has 0 spiro atoms. The predicted octanol–water partition coefficient (Wildman–Crippen LogP) is 5.06. The number of hydrogen-bond donors (Lipinski definition) is 2. The smallest absolute Gasteiger partial charge is 0.338 e. The first kappa shape index (κ1) is 25.0. The van der Waals surface area contributed by atoms with E-state index in [1.54, 1.807) is 48.5 Å². The van der Waals surface area contributed by atoms with E-state index in [0.29, 0.717) is 22.1 Å². The van der Waals surface area contributed by atoms with Crippen molar-refractivity contribution >= 4 is 23.6 Å². The zero-order valence-corrected chi connectivity index (χ0v) is 19.8. The predicted molar refractivity (Wildman–Crippen MR) is 128 cm³/mol. The van der Waals surface area contributed by atoms with Gasteiger partial charge in [0.15, 0.2) is 0 Å². The summed E-state index contributed by atoms with van der Waals surface area (Å²) in [6.07, 6.45) is 0. The topological polar surface area (TPSA) is 85.9 Å². The number of methoxy groups -OCH3 is 1. The Balaban J connectivity index is 1.66. The number of amides is 2. The molecule has 3 aromatic carbocycles. The zero-order valence-electron chi connectivity index (χ0n) is 19.0. The Morgan fingerprint density at radius 2 is 1.69 bits per heavy atom. The SMILES string of the molecule is COc1ccc(C2NC(=O)NC(COc3cccc(Cl)c3)=C2C(=O)OCc2cc(F)cc(F)c2)cc1. The Morgan fingerprint density at radius 3 is 2.36 bits per heavy atom. The van der Waals surface area contributed by atoms with Crippen LogP contribution in [0.1, 0.15) is 17.2 Å².